The molecule has 0 bridgehead atoms. The van der Waals surface area contributed by atoms with Crippen molar-refractivity contribution >= 4 is 5.97 Å². The molecular weight excluding hydrogens is 434 g/mol. The third kappa shape index (κ3) is 4.00. The van der Waals surface area contributed by atoms with Gasteiger partial charge in [0.2, 0.25) is 5.88 Å². The first-order valence-electron chi connectivity index (χ1n) is 11.1. The van der Waals surface area contributed by atoms with Gasteiger partial charge in [0.15, 0.2) is 0 Å². The Hall–Kier alpha value is -3.81. The lowest BCUT2D eigenvalue weighted by Crippen LogP contribution is -2.50. The van der Waals surface area contributed by atoms with Crippen molar-refractivity contribution in [3.8, 4) is 17.9 Å². The average molecular weight is 460 g/mol. The molecule has 0 radical (unpaired) electrons. The summed E-state index contributed by atoms with van der Waals surface area (Å²) in [6, 6.07) is 6.38. The minimum Gasteiger partial charge on any atom is -0.480 e. The number of fused-ring (bicyclic) bond motifs is 1. The zero-order chi connectivity index (χ0) is 23.8. The van der Waals surface area contributed by atoms with Crippen molar-refractivity contribution in [1.82, 2.24) is 30.0 Å². The Morgan fingerprint density at radius 3 is 2.97 bits per heavy atom. The summed E-state index contributed by atoms with van der Waals surface area (Å²) in [5.41, 5.74) is 5.29. The maximum atomic E-state index is 11.9. The molecule has 4 heterocycles. The van der Waals surface area contributed by atoms with Crippen LogP contribution in [0.15, 0.2) is 30.7 Å². The summed E-state index contributed by atoms with van der Waals surface area (Å²) >= 11 is 0. The van der Waals surface area contributed by atoms with Gasteiger partial charge in [-0.3, -0.25) is 4.90 Å². The van der Waals surface area contributed by atoms with Gasteiger partial charge in [-0.2, -0.15) is 15.3 Å². The maximum absolute atomic E-state index is 11.9. The number of nitrogens with zero attached hydrogens (tertiary/aromatic N) is 6. The molecule has 2 aliphatic heterocycles. The molecule has 0 unspecified atom stereocenters. The van der Waals surface area contributed by atoms with Crippen molar-refractivity contribution < 1.29 is 14.3 Å². The van der Waals surface area contributed by atoms with Gasteiger partial charge in [-0.05, 0) is 31.0 Å². The third-order valence-corrected chi connectivity index (χ3v) is 6.34. The van der Waals surface area contributed by atoms with Crippen molar-refractivity contribution in [3.05, 3.63) is 64.1 Å². The average Bonchev–Trinajstić information content (AvgIpc) is 3.45. The summed E-state index contributed by atoms with van der Waals surface area (Å²) in [6.45, 7) is 7.04. The first-order valence-corrected chi connectivity index (χ1v) is 11.1. The van der Waals surface area contributed by atoms with E-state index in [4.69, 9.17) is 14.7 Å². The van der Waals surface area contributed by atoms with Gasteiger partial charge in [-0.25, -0.2) is 14.5 Å². The van der Waals surface area contributed by atoms with Gasteiger partial charge in [-0.15, -0.1) is 0 Å². The third-order valence-electron chi connectivity index (χ3n) is 6.34. The molecule has 2 aliphatic rings. The molecule has 10 heteroatoms. The predicted octanol–water partition coefficient (Wildman–Crippen LogP) is 2.06. The molecule has 3 aromatic rings. The van der Waals surface area contributed by atoms with E-state index in [1.807, 2.05) is 24.4 Å². The van der Waals surface area contributed by atoms with E-state index in [0.717, 1.165) is 36.3 Å². The number of ether oxygens (including phenoxy) is 2. The lowest BCUT2D eigenvalue weighted by atomic mass is 9.92. The molecule has 2 atom stereocenters. The van der Waals surface area contributed by atoms with Gasteiger partial charge in [0.25, 0.3) is 5.95 Å². The van der Waals surface area contributed by atoms with Gasteiger partial charge in [0.1, 0.15) is 18.2 Å². The van der Waals surface area contributed by atoms with Crippen LogP contribution in [-0.4, -0.2) is 56.9 Å². The smallest absolute Gasteiger partial charge is 0.338 e. The summed E-state index contributed by atoms with van der Waals surface area (Å²) in [5, 5.41) is 17.2. The van der Waals surface area contributed by atoms with Gasteiger partial charge >= 0.3 is 5.97 Å². The summed E-state index contributed by atoms with van der Waals surface area (Å²) in [6.07, 6.45) is 5.13. The van der Waals surface area contributed by atoms with Gasteiger partial charge in [0, 0.05) is 49.0 Å². The molecule has 0 aliphatic carbocycles. The van der Waals surface area contributed by atoms with Crippen LogP contribution in [0.1, 0.15) is 51.1 Å². The number of carbonyl (C=O) groups excluding carboxylic acids is 1. The van der Waals surface area contributed by atoms with Gasteiger partial charge in [0.05, 0.1) is 25.1 Å². The Labute approximate surface area is 197 Å². The highest BCUT2D eigenvalue weighted by molar-refractivity contribution is 5.94. The van der Waals surface area contributed by atoms with Gasteiger partial charge < -0.3 is 14.8 Å². The highest BCUT2D eigenvalue weighted by atomic mass is 16.5. The zero-order valence-electron chi connectivity index (χ0n) is 19.3. The highest BCUT2D eigenvalue weighted by Crippen LogP contribution is 2.31. The molecule has 1 saturated heterocycles. The fourth-order valence-corrected chi connectivity index (χ4v) is 4.74. The van der Waals surface area contributed by atoms with Gasteiger partial charge in [-0.1, -0.05) is 6.07 Å². The number of carbonyl (C=O) groups is 1. The Morgan fingerprint density at radius 1 is 1.32 bits per heavy atom. The van der Waals surface area contributed by atoms with Crippen molar-refractivity contribution in [1.29, 1.82) is 5.26 Å². The first kappa shape index (κ1) is 22.0. The Bertz CT molecular complexity index is 1300. The zero-order valence-corrected chi connectivity index (χ0v) is 19.3. The lowest BCUT2D eigenvalue weighted by Gasteiger charge is -2.38. The van der Waals surface area contributed by atoms with Crippen LogP contribution in [0, 0.1) is 18.3 Å². The molecule has 10 nitrogen and oxygen atoms in total. The van der Waals surface area contributed by atoms with Crippen molar-refractivity contribution in [2.24, 2.45) is 0 Å². The van der Waals surface area contributed by atoms with E-state index in [1.165, 1.54) is 18.9 Å². The summed E-state index contributed by atoms with van der Waals surface area (Å²) in [5.74, 6) is 0.330. The minimum absolute atomic E-state index is 0.144. The molecule has 0 saturated carbocycles. The topological polar surface area (TPSA) is 118 Å². The van der Waals surface area contributed by atoms with E-state index in [0.29, 0.717) is 24.2 Å². The number of rotatable bonds is 5. The molecule has 0 spiro atoms. The predicted molar refractivity (Wildman–Crippen MR) is 121 cm³/mol. The van der Waals surface area contributed by atoms with E-state index in [9.17, 15) is 4.79 Å². The largest absolute Gasteiger partial charge is 0.480 e. The Kier molecular flexibility index (Phi) is 5.73. The first-order chi connectivity index (χ1) is 16.5. The summed E-state index contributed by atoms with van der Waals surface area (Å²) in [7, 11) is 1.47. The quantitative estimate of drug-likeness (QED) is 0.572. The number of esters is 1. The van der Waals surface area contributed by atoms with Crippen LogP contribution in [0.5, 0.6) is 5.88 Å². The summed E-state index contributed by atoms with van der Waals surface area (Å²) < 4.78 is 12.0. The van der Waals surface area contributed by atoms with E-state index in [-0.39, 0.29) is 23.5 Å². The monoisotopic (exact) mass is 459 g/mol. The van der Waals surface area contributed by atoms with Crippen molar-refractivity contribution in [2.45, 2.75) is 39.1 Å². The van der Waals surface area contributed by atoms with Crippen LogP contribution in [0.3, 0.4) is 0 Å². The Morgan fingerprint density at radius 2 is 2.18 bits per heavy atom. The second-order valence-electron chi connectivity index (χ2n) is 8.69. The van der Waals surface area contributed by atoms with Crippen molar-refractivity contribution in [3.63, 3.8) is 0 Å². The van der Waals surface area contributed by atoms with Crippen LogP contribution >= 0.6 is 0 Å². The van der Waals surface area contributed by atoms with Crippen LogP contribution in [0.25, 0.3) is 5.95 Å². The molecule has 34 heavy (non-hydrogen) atoms. The molecule has 0 amide bonds. The lowest BCUT2D eigenvalue weighted by molar-refractivity contribution is 0.0535. The maximum Gasteiger partial charge on any atom is 0.338 e. The molecule has 2 aromatic heterocycles. The molecule has 1 aromatic carbocycles. The number of hydrogen-bond acceptors (Lipinski definition) is 9. The second kappa shape index (κ2) is 8.85. The normalized spacial score (nSPS) is 20.0. The molecule has 1 N–H and O–H groups in total. The second-order valence-corrected chi connectivity index (χ2v) is 8.69. The van der Waals surface area contributed by atoms with E-state index in [2.05, 4.69) is 39.1 Å². The fourth-order valence-electron chi connectivity index (χ4n) is 4.74. The minimum atomic E-state index is -0.239. The number of methoxy groups -OCH3 is 1. The number of benzene rings is 1. The molecule has 174 valence electrons. The number of cyclic esters (lactones) is 1. The van der Waals surface area contributed by atoms with Crippen LogP contribution < -0.4 is 10.1 Å². The van der Waals surface area contributed by atoms with E-state index >= 15 is 0 Å². The standard InChI is InChI=1S/C24H25N7O3/c1-14-9-30(12-21(28-14)18-4-5-19-20(15(18)2)13-34-23(19)32)10-16-7-27-31(11-16)24-26-8-17(6-25)22(29-24)33-3/h4-5,7-8,11,14,21,28H,9-10,12-13H2,1-3H3/t14-,21-/m0/s1. The van der Waals surface area contributed by atoms with E-state index < -0.39 is 0 Å². The number of aromatic nitrogens is 4. The fraction of sp³-hybridized carbons (Fsp3) is 0.375. The number of piperazine rings is 1. The van der Waals surface area contributed by atoms with Crippen LogP contribution in [-0.2, 0) is 17.9 Å². The number of hydrogen-bond donors (Lipinski definition) is 1. The molecule has 1 fully saturated rings. The highest BCUT2D eigenvalue weighted by Gasteiger charge is 2.30. The van der Waals surface area contributed by atoms with E-state index in [1.54, 1.807) is 10.9 Å². The van der Waals surface area contributed by atoms with Crippen LogP contribution in [0.2, 0.25) is 0 Å². The van der Waals surface area contributed by atoms with Crippen molar-refractivity contribution in [2.75, 3.05) is 20.2 Å². The molecular formula is C24H25N7O3. The number of nitriles is 1. The summed E-state index contributed by atoms with van der Waals surface area (Å²) in [4.78, 5) is 22.8. The SMILES string of the molecule is COc1nc(-n2cc(CN3C[C@@H](c4ccc5c(c4C)COC5=O)N[C@@H](C)C3)cn2)ncc1C#N. The number of nitrogens with one attached hydrogen (secondary N) is 1. The Balaban J connectivity index is 1.33. The molecule has 5 rings (SSSR count). The van der Waals surface area contributed by atoms with Crippen LogP contribution in [0.4, 0.5) is 0 Å².